The number of hydrogen-bond donors (Lipinski definition) is 1. The lowest BCUT2D eigenvalue weighted by molar-refractivity contribution is 0.357. The van der Waals surface area contributed by atoms with Gasteiger partial charge in [0.05, 0.1) is 11.1 Å². The number of aromatic nitrogens is 2. The summed E-state index contributed by atoms with van der Waals surface area (Å²) in [6.07, 6.45) is 2.72. The molecule has 4 nitrogen and oxygen atoms in total. The molecule has 0 fully saturated rings. The van der Waals surface area contributed by atoms with Crippen LogP contribution in [0.25, 0.3) is 11.4 Å². The van der Waals surface area contributed by atoms with Crippen molar-refractivity contribution in [1.82, 2.24) is 9.97 Å². The fourth-order valence-corrected chi connectivity index (χ4v) is 2.40. The Bertz CT molecular complexity index is 592. The van der Waals surface area contributed by atoms with Gasteiger partial charge < -0.3 is 10.1 Å². The van der Waals surface area contributed by atoms with Crippen LogP contribution in [0.5, 0.6) is 5.75 Å². The van der Waals surface area contributed by atoms with E-state index in [0.29, 0.717) is 0 Å². The Morgan fingerprint density at radius 1 is 1.39 bits per heavy atom. The molecule has 0 saturated carbocycles. The van der Waals surface area contributed by atoms with E-state index in [-0.39, 0.29) is 0 Å². The van der Waals surface area contributed by atoms with Crippen LogP contribution in [0.3, 0.4) is 0 Å². The number of benzene rings is 1. The van der Waals surface area contributed by atoms with Crippen LogP contribution in [-0.2, 0) is 6.42 Å². The molecule has 18 heavy (non-hydrogen) atoms. The van der Waals surface area contributed by atoms with Gasteiger partial charge in [0.2, 0.25) is 0 Å². The van der Waals surface area contributed by atoms with Crippen molar-refractivity contribution in [2.75, 3.05) is 19.0 Å². The maximum atomic E-state index is 5.49. The van der Waals surface area contributed by atoms with Crippen molar-refractivity contribution in [3.8, 4) is 17.1 Å². The van der Waals surface area contributed by atoms with Gasteiger partial charge in [0.15, 0.2) is 5.82 Å². The van der Waals surface area contributed by atoms with Gasteiger partial charge in [-0.3, -0.25) is 0 Å². The molecule has 5 heteroatoms. The van der Waals surface area contributed by atoms with Gasteiger partial charge in [-0.1, -0.05) is 0 Å². The Hall–Kier alpha value is -1.62. The second-order valence-corrected chi connectivity index (χ2v) is 4.92. The van der Waals surface area contributed by atoms with E-state index >= 15 is 0 Å². The van der Waals surface area contributed by atoms with Crippen LogP contribution in [0, 0.1) is 0 Å². The lowest BCUT2D eigenvalue weighted by Gasteiger charge is -2.06. The highest BCUT2D eigenvalue weighted by molar-refractivity contribution is 9.10. The number of anilines is 1. The van der Waals surface area contributed by atoms with Crippen molar-refractivity contribution in [3.63, 3.8) is 0 Å². The molecule has 2 heterocycles. The molecule has 0 bridgehead atoms. The molecular weight excluding hydrogens is 294 g/mol. The Kier molecular flexibility index (Phi) is 2.91. The van der Waals surface area contributed by atoms with E-state index < -0.39 is 0 Å². The zero-order chi connectivity index (χ0) is 12.5. The molecule has 0 radical (unpaired) electrons. The molecule has 0 aliphatic carbocycles. The molecule has 0 atom stereocenters. The smallest absolute Gasteiger partial charge is 0.161 e. The van der Waals surface area contributed by atoms with Crippen molar-refractivity contribution in [2.45, 2.75) is 6.42 Å². The molecular formula is C13H12BrN3O. The van der Waals surface area contributed by atoms with Gasteiger partial charge in [-0.15, -0.1) is 0 Å². The summed E-state index contributed by atoms with van der Waals surface area (Å²) in [5.41, 5.74) is 2.24. The summed E-state index contributed by atoms with van der Waals surface area (Å²) in [5, 5.41) is 3.04. The van der Waals surface area contributed by atoms with Crippen LogP contribution < -0.4 is 10.1 Å². The van der Waals surface area contributed by atoms with Crippen LogP contribution in [0.1, 0.15) is 5.56 Å². The molecule has 0 saturated heterocycles. The SMILES string of the molecule is CNc1nc(-c2ccc3c(c2)CCO3)ncc1Br. The van der Waals surface area contributed by atoms with Gasteiger partial charge in [-0.05, 0) is 39.7 Å². The van der Waals surface area contributed by atoms with Crippen molar-refractivity contribution < 1.29 is 4.74 Å². The van der Waals surface area contributed by atoms with Crippen molar-refractivity contribution in [2.24, 2.45) is 0 Å². The highest BCUT2D eigenvalue weighted by Gasteiger charge is 2.14. The van der Waals surface area contributed by atoms with Crippen LogP contribution in [0.15, 0.2) is 28.9 Å². The van der Waals surface area contributed by atoms with E-state index in [9.17, 15) is 0 Å². The summed E-state index contributed by atoms with van der Waals surface area (Å²) >= 11 is 3.41. The zero-order valence-electron chi connectivity index (χ0n) is 9.90. The third kappa shape index (κ3) is 1.95. The quantitative estimate of drug-likeness (QED) is 0.927. The predicted octanol–water partition coefficient (Wildman–Crippen LogP) is 2.88. The summed E-state index contributed by atoms with van der Waals surface area (Å²) in [4.78, 5) is 8.82. The lowest BCUT2D eigenvalue weighted by atomic mass is 10.1. The first-order chi connectivity index (χ1) is 8.78. The molecule has 1 aliphatic heterocycles. The fourth-order valence-electron chi connectivity index (χ4n) is 2.01. The van der Waals surface area contributed by atoms with E-state index in [1.54, 1.807) is 6.20 Å². The molecule has 0 unspecified atom stereocenters. The molecule has 1 aromatic carbocycles. The first-order valence-corrected chi connectivity index (χ1v) is 6.53. The molecule has 92 valence electrons. The average molecular weight is 306 g/mol. The number of hydrogen-bond acceptors (Lipinski definition) is 4. The highest BCUT2D eigenvalue weighted by atomic mass is 79.9. The summed E-state index contributed by atoms with van der Waals surface area (Å²) in [5.74, 6) is 2.48. The Balaban J connectivity index is 2.04. The summed E-state index contributed by atoms with van der Waals surface area (Å²) in [7, 11) is 1.84. The topological polar surface area (TPSA) is 47.0 Å². The fraction of sp³-hybridized carbons (Fsp3) is 0.231. The average Bonchev–Trinajstić information content (AvgIpc) is 2.86. The molecule has 2 aromatic rings. The maximum Gasteiger partial charge on any atom is 0.161 e. The molecule has 1 N–H and O–H groups in total. The van der Waals surface area contributed by atoms with Crippen LogP contribution in [0.4, 0.5) is 5.82 Å². The highest BCUT2D eigenvalue weighted by Crippen LogP contribution is 2.30. The zero-order valence-corrected chi connectivity index (χ0v) is 11.5. The van der Waals surface area contributed by atoms with Gasteiger partial charge in [0.25, 0.3) is 0 Å². The normalized spacial score (nSPS) is 13.0. The van der Waals surface area contributed by atoms with Gasteiger partial charge in [0, 0.05) is 25.2 Å². The molecule has 0 spiro atoms. The van der Waals surface area contributed by atoms with E-state index in [1.807, 2.05) is 19.2 Å². The Morgan fingerprint density at radius 2 is 2.28 bits per heavy atom. The number of fused-ring (bicyclic) bond motifs is 1. The number of ether oxygens (including phenoxy) is 1. The van der Waals surface area contributed by atoms with Crippen molar-refractivity contribution in [3.05, 3.63) is 34.4 Å². The molecule has 0 amide bonds. The van der Waals surface area contributed by atoms with Crippen molar-refractivity contribution >= 4 is 21.7 Å². The molecule has 1 aliphatic rings. The maximum absolute atomic E-state index is 5.49. The summed E-state index contributed by atoms with van der Waals surface area (Å²) in [6, 6.07) is 6.08. The van der Waals surface area contributed by atoms with E-state index in [1.165, 1.54) is 5.56 Å². The van der Waals surface area contributed by atoms with Crippen LogP contribution in [-0.4, -0.2) is 23.6 Å². The van der Waals surface area contributed by atoms with Crippen LogP contribution in [0.2, 0.25) is 0 Å². The minimum Gasteiger partial charge on any atom is -0.493 e. The number of rotatable bonds is 2. The van der Waals surface area contributed by atoms with Crippen LogP contribution >= 0.6 is 15.9 Å². The Labute approximate surface area is 114 Å². The second kappa shape index (κ2) is 4.57. The first kappa shape index (κ1) is 11.5. The minimum atomic E-state index is 0.720. The first-order valence-electron chi connectivity index (χ1n) is 5.74. The van der Waals surface area contributed by atoms with Crippen molar-refractivity contribution in [1.29, 1.82) is 0 Å². The standard InChI is InChI=1S/C13H12BrN3O/c1-15-13-10(14)7-16-12(17-13)9-2-3-11-8(6-9)4-5-18-11/h2-3,6-7H,4-5H2,1H3,(H,15,16,17). The number of nitrogens with one attached hydrogen (secondary N) is 1. The van der Waals surface area contributed by atoms with Gasteiger partial charge in [-0.2, -0.15) is 0 Å². The van der Waals surface area contributed by atoms with E-state index in [2.05, 4.69) is 37.3 Å². The van der Waals surface area contributed by atoms with Gasteiger partial charge in [0.1, 0.15) is 11.6 Å². The monoisotopic (exact) mass is 305 g/mol. The predicted molar refractivity (Wildman–Crippen MR) is 73.9 cm³/mol. The minimum absolute atomic E-state index is 0.720. The third-order valence-electron chi connectivity index (χ3n) is 2.93. The largest absolute Gasteiger partial charge is 0.493 e. The third-order valence-corrected chi connectivity index (χ3v) is 3.51. The van der Waals surface area contributed by atoms with Gasteiger partial charge >= 0.3 is 0 Å². The molecule has 1 aromatic heterocycles. The Morgan fingerprint density at radius 3 is 3.11 bits per heavy atom. The van der Waals surface area contributed by atoms with Gasteiger partial charge in [-0.25, -0.2) is 9.97 Å². The van der Waals surface area contributed by atoms with E-state index in [0.717, 1.165) is 40.5 Å². The number of nitrogens with zero attached hydrogens (tertiary/aromatic N) is 2. The summed E-state index contributed by atoms with van der Waals surface area (Å²) in [6.45, 7) is 0.766. The summed E-state index contributed by atoms with van der Waals surface area (Å²) < 4.78 is 6.35. The van der Waals surface area contributed by atoms with E-state index in [4.69, 9.17) is 4.74 Å². The number of halogens is 1. The lowest BCUT2D eigenvalue weighted by Crippen LogP contribution is -1.97. The second-order valence-electron chi connectivity index (χ2n) is 4.06. The molecule has 3 rings (SSSR count).